The van der Waals surface area contributed by atoms with Crippen LogP contribution in [0.15, 0.2) is 12.1 Å². The van der Waals surface area contributed by atoms with Crippen LogP contribution in [0.1, 0.15) is 75.1 Å². The average molecular weight is 291 g/mol. The molecule has 0 aliphatic carbocycles. The van der Waals surface area contributed by atoms with Crippen molar-refractivity contribution < 1.29 is 4.74 Å². The summed E-state index contributed by atoms with van der Waals surface area (Å²) in [5.41, 5.74) is 3.96. The van der Waals surface area contributed by atoms with Gasteiger partial charge in [0.25, 0.3) is 0 Å². The topological polar surface area (TPSA) is 21.3 Å². The molecule has 120 valence electrons. The molecule has 0 amide bonds. The minimum Gasteiger partial charge on any atom is -0.496 e. The second kappa shape index (κ2) is 9.83. The van der Waals surface area contributed by atoms with Gasteiger partial charge in [-0.3, -0.25) is 0 Å². The van der Waals surface area contributed by atoms with E-state index in [1.54, 1.807) is 7.11 Å². The predicted molar refractivity (Wildman–Crippen MR) is 92.3 cm³/mol. The Morgan fingerprint density at radius 3 is 2.38 bits per heavy atom. The maximum absolute atomic E-state index is 5.64. The van der Waals surface area contributed by atoms with E-state index in [1.165, 1.54) is 55.2 Å². The normalized spacial score (nSPS) is 12.4. The second-order valence-corrected chi connectivity index (χ2v) is 6.01. The van der Waals surface area contributed by atoms with E-state index in [0.29, 0.717) is 6.04 Å². The zero-order valence-electron chi connectivity index (χ0n) is 14.6. The lowest BCUT2D eigenvalue weighted by molar-refractivity contribution is 0.391. The molecule has 0 saturated carbocycles. The van der Waals surface area contributed by atoms with Crippen LogP contribution in [0.2, 0.25) is 0 Å². The van der Waals surface area contributed by atoms with Crippen LogP contribution in [0.4, 0.5) is 0 Å². The van der Waals surface area contributed by atoms with Gasteiger partial charge in [-0.2, -0.15) is 0 Å². The zero-order valence-corrected chi connectivity index (χ0v) is 14.6. The lowest BCUT2D eigenvalue weighted by Crippen LogP contribution is -2.22. The molecule has 0 heterocycles. The first-order valence-electron chi connectivity index (χ1n) is 8.52. The van der Waals surface area contributed by atoms with Crippen molar-refractivity contribution in [3.8, 4) is 5.75 Å². The van der Waals surface area contributed by atoms with Gasteiger partial charge in [0.05, 0.1) is 7.11 Å². The summed E-state index contributed by atoms with van der Waals surface area (Å²) in [6.45, 7) is 9.77. The molecule has 1 aromatic rings. The van der Waals surface area contributed by atoms with Crippen LogP contribution in [0, 0.1) is 13.8 Å². The quantitative estimate of drug-likeness (QED) is 0.589. The second-order valence-electron chi connectivity index (χ2n) is 6.01. The number of rotatable bonds is 10. The van der Waals surface area contributed by atoms with E-state index in [-0.39, 0.29) is 0 Å². The van der Waals surface area contributed by atoms with Crippen LogP contribution < -0.4 is 10.1 Å². The Labute approximate surface area is 131 Å². The van der Waals surface area contributed by atoms with Gasteiger partial charge < -0.3 is 10.1 Å². The Balaban J connectivity index is 2.79. The molecule has 0 saturated heterocycles. The van der Waals surface area contributed by atoms with Gasteiger partial charge in [-0.05, 0) is 44.0 Å². The van der Waals surface area contributed by atoms with E-state index >= 15 is 0 Å². The maximum atomic E-state index is 5.64. The van der Waals surface area contributed by atoms with E-state index in [2.05, 4.69) is 45.1 Å². The van der Waals surface area contributed by atoms with Crippen LogP contribution >= 0.6 is 0 Å². The number of hydrogen-bond donors (Lipinski definition) is 1. The molecule has 0 radical (unpaired) electrons. The highest BCUT2D eigenvalue weighted by molar-refractivity contribution is 5.45. The lowest BCUT2D eigenvalue weighted by Gasteiger charge is -2.23. The number of hydrogen-bond acceptors (Lipinski definition) is 2. The van der Waals surface area contributed by atoms with Gasteiger partial charge in [-0.25, -0.2) is 0 Å². The Morgan fingerprint density at radius 1 is 1.05 bits per heavy atom. The molecule has 0 fully saturated rings. The van der Waals surface area contributed by atoms with Crippen molar-refractivity contribution in [2.75, 3.05) is 13.7 Å². The van der Waals surface area contributed by atoms with Crippen molar-refractivity contribution >= 4 is 0 Å². The van der Waals surface area contributed by atoms with Crippen molar-refractivity contribution in [1.82, 2.24) is 5.32 Å². The van der Waals surface area contributed by atoms with Gasteiger partial charge in [-0.1, -0.05) is 52.0 Å². The van der Waals surface area contributed by atoms with Crippen molar-refractivity contribution in [3.05, 3.63) is 28.8 Å². The molecule has 0 spiro atoms. The van der Waals surface area contributed by atoms with Gasteiger partial charge in [0.2, 0.25) is 0 Å². The first-order chi connectivity index (χ1) is 10.1. The van der Waals surface area contributed by atoms with Crippen molar-refractivity contribution in [3.63, 3.8) is 0 Å². The van der Waals surface area contributed by atoms with Crippen molar-refractivity contribution in [2.45, 2.75) is 72.3 Å². The highest BCUT2D eigenvalue weighted by Crippen LogP contribution is 2.33. The first-order valence-corrected chi connectivity index (χ1v) is 8.52. The smallest absolute Gasteiger partial charge is 0.124 e. The largest absolute Gasteiger partial charge is 0.496 e. The Kier molecular flexibility index (Phi) is 8.44. The molecule has 0 bridgehead atoms. The van der Waals surface area contributed by atoms with E-state index in [9.17, 15) is 0 Å². The molecule has 1 rings (SSSR count). The van der Waals surface area contributed by atoms with Crippen LogP contribution in [0.25, 0.3) is 0 Å². The summed E-state index contributed by atoms with van der Waals surface area (Å²) in [4.78, 5) is 0. The molecule has 1 N–H and O–H groups in total. The minimum atomic E-state index is 0.409. The summed E-state index contributed by atoms with van der Waals surface area (Å²) in [5, 5.41) is 3.64. The fourth-order valence-corrected chi connectivity index (χ4v) is 3.10. The van der Waals surface area contributed by atoms with E-state index in [0.717, 1.165) is 12.3 Å². The van der Waals surface area contributed by atoms with Gasteiger partial charge in [0.15, 0.2) is 0 Å². The van der Waals surface area contributed by atoms with Crippen LogP contribution in [-0.2, 0) is 0 Å². The molecule has 0 aliphatic heterocycles. The number of benzene rings is 1. The van der Waals surface area contributed by atoms with Gasteiger partial charge in [0, 0.05) is 11.6 Å². The summed E-state index contributed by atoms with van der Waals surface area (Å²) in [6, 6.07) is 4.83. The van der Waals surface area contributed by atoms with Crippen LogP contribution in [-0.4, -0.2) is 13.7 Å². The summed E-state index contributed by atoms with van der Waals surface area (Å²) in [5.74, 6) is 1.03. The summed E-state index contributed by atoms with van der Waals surface area (Å²) in [7, 11) is 1.78. The number of ether oxygens (including phenoxy) is 1. The van der Waals surface area contributed by atoms with E-state index in [4.69, 9.17) is 4.74 Å². The molecule has 2 nitrogen and oxygen atoms in total. The number of methoxy groups -OCH3 is 1. The van der Waals surface area contributed by atoms with Crippen LogP contribution in [0.3, 0.4) is 0 Å². The molecule has 21 heavy (non-hydrogen) atoms. The number of unbranched alkanes of at least 4 members (excludes halogenated alkanes) is 4. The highest BCUT2D eigenvalue weighted by Gasteiger charge is 2.17. The third kappa shape index (κ3) is 5.70. The van der Waals surface area contributed by atoms with E-state index in [1.807, 2.05) is 0 Å². The van der Waals surface area contributed by atoms with E-state index < -0.39 is 0 Å². The minimum absolute atomic E-state index is 0.409. The van der Waals surface area contributed by atoms with Crippen molar-refractivity contribution in [2.24, 2.45) is 0 Å². The van der Waals surface area contributed by atoms with Gasteiger partial charge in [-0.15, -0.1) is 0 Å². The van der Waals surface area contributed by atoms with Gasteiger partial charge in [0.1, 0.15) is 5.75 Å². The maximum Gasteiger partial charge on any atom is 0.124 e. The first kappa shape index (κ1) is 18.0. The third-order valence-corrected chi connectivity index (χ3v) is 4.11. The fraction of sp³-hybridized carbons (Fsp3) is 0.684. The van der Waals surface area contributed by atoms with Crippen LogP contribution in [0.5, 0.6) is 5.75 Å². The molecule has 1 aromatic carbocycles. The standard InChI is InChI=1S/C19H33NO/c1-6-8-9-10-11-12-17(20-7-2)19-16(4)13-15(3)14-18(19)21-5/h13-14,17,20H,6-12H2,1-5H3. The van der Waals surface area contributed by atoms with Crippen molar-refractivity contribution in [1.29, 1.82) is 0 Å². The fourth-order valence-electron chi connectivity index (χ4n) is 3.10. The number of aryl methyl sites for hydroxylation is 2. The molecular weight excluding hydrogens is 258 g/mol. The molecule has 0 aromatic heterocycles. The molecular formula is C19H33NO. The Morgan fingerprint density at radius 2 is 1.76 bits per heavy atom. The molecule has 1 atom stereocenters. The average Bonchev–Trinajstić information content (AvgIpc) is 2.45. The monoisotopic (exact) mass is 291 g/mol. The Bertz CT molecular complexity index is 414. The molecule has 0 aliphatic rings. The third-order valence-electron chi connectivity index (χ3n) is 4.11. The summed E-state index contributed by atoms with van der Waals surface area (Å²) >= 11 is 0. The zero-order chi connectivity index (χ0) is 15.7. The Hall–Kier alpha value is -1.02. The van der Waals surface area contributed by atoms with Gasteiger partial charge >= 0.3 is 0 Å². The molecule has 1 unspecified atom stereocenters. The number of nitrogens with one attached hydrogen (secondary N) is 1. The SMILES string of the molecule is CCCCCCCC(NCC)c1c(C)cc(C)cc1OC. The summed E-state index contributed by atoms with van der Waals surface area (Å²) < 4.78 is 5.64. The highest BCUT2D eigenvalue weighted by atomic mass is 16.5. The summed E-state index contributed by atoms with van der Waals surface area (Å²) in [6.07, 6.45) is 7.84. The predicted octanol–water partition coefficient (Wildman–Crippen LogP) is 5.32. The lowest BCUT2D eigenvalue weighted by atomic mass is 9.93. The molecule has 2 heteroatoms.